The maximum Gasteiger partial charge on any atom is 0.158 e. The second-order valence-electron chi connectivity index (χ2n) is 2.18. The smallest absolute Gasteiger partial charge is 0.158 e. The molecule has 1 aromatic heterocycles. The summed E-state index contributed by atoms with van der Waals surface area (Å²) in [4.78, 5) is 8.07. The van der Waals surface area contributed by atoms with Gasteiger partial charge in [0, 0.05) is 20.2 Å². The van der Waals surface area contributed by atoms with Crippen LogP contribution in [0.1, 0.15) is 5.82 Å². The van der Waals surface area contributed by atoms with E-state index in [4.69, 9.17) is 16.3 Å². The number of anilines is 1. The zero-order valence-corrected chi connectivity index (χ0v) is 7.72. The zero-order chi connectivity index (χ0) is 8.97. The van der Waals surface area contributed by atoms with Crippen molar-refractivity contribution in [2.24, 2.45) is 0 Å². The van der Waals surface area contributed by atoms with Crippen molar-refractivity contribution >= 4 is 17.4 Å². The summed E-state index contributed by atoms with van der Waals surface area (Å²) in [6.45, 7) is 0.370. The SMILES string of the molecule is CNc1cc(Cl)nc(COC)n1. The number of nitrogens with one attached hydrogen (secondary N) is 1. The molecule has 0 amide bonds. The Morgan fingerprint density at radius 1 is 1.58 bits per heavy atom. The van der Waals surface area contributed by atoms with E-state index in [-0.39, 0.29) is 0 Å². The number of aromatic nitrogens is 2. The Morgan fingerprint density at radius 2 is 2.33 bits per heavy atom. The number of nitrogens with zero attached hydrogens (tertiary/aromatic N) is 2. The molecule has 66 valence electrons. The lowest BCUT2D eigenvalue weighted by Gasteiger charge is -2.02. The third kappa shape index (κ3) is 2.32. The third-order valence-corrected chi connectivity index (χ3v) is 1.46. The fraction of sp³-hybridized carbons (Fsp3) is 0.429. The largest absolute Gasteiger partial charge is 0.377 e. The van der Waals surface area contributed by atoms with Gasteiger partial charge in [0.2, 0.25) is 0 Å². The van der Waals surface area contributed by atoms with Crippen LogP contribution in [-0.2, 0) is 11.3 Å². The van der Waals surface area contributed by atoms with Gasteiger partial charge in [0.05, 0.1) is 0 Å². The molecule has 0 bridgehead atoms. The van der Waals surface area contributed by atoms with Crippen molar-refractivity contribution < 1.29 is 4.74 Å². The first-order chi connectivity index (χ1) is 5.76. The van der Waals surface area contributed by atoms with Gasteiger partial charge in [-0.1, -0.05) is 11.6 Å². The molecule has 0 radical (unpaired) electrons. The first-order valence-electron chi connectivity index (χ1n) is 3.46. The molecule has 0 atom stereocenters. The highest BCUT2D eigenvalue weighted by atomic mass is 35.5. The molecule has 0 aromatic carbocycles. The minimum atomic E-state index is 0.370. The van der Waals surface area contributed by atoms with E-state index in [1.54, 1.807) is 20.2 Å². The summed E-state index contributed by atoms with van der Waals surface area (Å²) in [7, 11) is 3.36. The number of ether oxygens (including phenoxy) is 1. The van der Waals surface area contributed by atoms with Crippen molar-refractivity contribution in [2.75, 3.05) is 19.5 Å². The molecule has 1 heterocycles. The fourth-order valence-corrected chi connectivity index (χ4v) is 0.987. The standard InChI is InChI=1S/C7H10ClN3O/c1-9-6-3-5(8)10-7(11-6)4-12-2/h3H,4H2,1-2H3,(H,9,10,11). The average molecular weight is 188 g/mol. The maximum absolute atomic E-state index is 5.72. The third-order valence-electron chi connectivity index (χ3n) is 1.27. The van der Waals surface area contributed by atoms with Crippen molar-refractivity contribution in [3.05, 3.63) is 17.0 Å². The lowest BCUT2D eigenvalue weighted by molar-refractivity contribution is 0.178. The van der Waals surface area contributed by atoms with Gasteiger partial charge >= 0.3 is 0 Å². The van der Waals surface area contributed by atoms with Crippen LogP contribution in [0.25, 0.3) is 0 Å². The Balaban J connectivity index is 2.90. The molecule has 0 spiro atoms. The Kier molecular flexibility index (Phi) is 3.25. The van der Waals surface area contributed by atoms with E-state index >= 15 is 0 Å². The van der Waals surface area contributed by atoms with E-state index < -0.39 is 0 Å². The molecule has 0 saturated heterocycles. The molecule has 0 aliphatic heterocycles. The molecule has 0 fully saturated rings. The van der Waals surface area contributed by atoms with Gasteiger partial charge in [0.15, 0.2) is 5.82 Å². The van der Waals surface area contributed by atoms with E-state index in [2.05, 4.69) is 15.3 Å². The summed E-state index contributed by atoms with van der Waals surface area (Å²) in [6, 6.07) is 1.65. The first-order valence-corrected chi connectivity index (χ1v) is 3.84. The van der Waals surface area contributed by atoms with Crippen molar-refractivity contribution in [1.82, 2.24) is 9.97 Å². The summed E-state index contributed by atoms with van der Waals surface area (Å²) < 4.78 is 4.87. The average Bonchev–Trinajstić information content (AvgIpc) is 2.04. The fourth-order valence-electron chi connectivity index (χ4n) is 0.786. The monoisotopic (exact) mass is 187 g/mol. The minimum absolute atomic E-state index is 0.370. The van der Waals surface area contributed by atoms with Gasteiger partial charge in [-0.05, 0) is 0 Å². The summed E-state index contributed by atoms with van der Waals surface area (Å²) in [5, 5.41) is 3.29. The van der Waals surface area contributed by atoms with Crippen LogP contribution >= 0.6 is 11.6 Å². The number of halogens is 1. The maximum atomic E-state index is 5.72. The second-order valence-corrected chi connectivity index (χ2v) is 2.56. The van der Waals surface area contributed by atoms with Crippen LogP contribution in [0.4, 0.5) is 5.82 Å². The lowest BCUT2D eigenvalue weighted by atomic mass is 10.5. The van der Waals surface area contributed by atoms with Gasteiger partial charge in [-0.2, -0.15) is 0 Å². The van der Waals surface area contributed by atoms with Gasteiger partial charge in [0.1, 0.15) is 17.6 Å². The Bertz CT molecular complexity index is 267. The Morgan fingerprint density at radius 3 is 2.92 bits per heavy atom. The topological polar surface area (TPSA) is 47.0 Å². The number of rotatable bonds is 3. The van der Waals surface area contributed by atoms with Gasteiger partial charge < -0.3 is 10.1 Å². The second kappa shape index (κ2) is 4.23. The molecule has 1 N–H and O–H groups in total. The molecule has 0 unspecified atom stereocenters. The first kappa shape index (κ1) is 9.22. The van der Waals surface area contributed by atoms with Crippen LogP contribution < -0.4 is 5.32 Å². The molecular weight excluding hydrogens is 178 g/mol. The van der Waals surface area contributed by atoms with Crippen LogP contribution in [0.15, 0.2) is 6.07 Å². The molecule has 0 saturated carbocycles. The summed E-state index contributed by atoms with van der Waals surface area (Å²) in [5.41, 5.74) is 0. The van der Waals surface area contributed by atoms with E-state index in [1.165, 1.54) is 0 Å². The van der Waals surface area contributed by atoms with Crippen LogP contribution in [0.3, 0.4) is 0 Å². The lowest BCUT2D eigenvalue weighted by Crippen LogP contribution is -2.01. The number of hydrogen-bond donors (Lipinski definition) is 1. The van der Waals surface area contributed by atoms with Crippen LogP contribution in [0.5, 0.6) is 0 Å². The number of hydrogen-bond acceptors (Lipinski definition) is 4. The molecule has 0 aliphatic rings. The Hall–Kier alpha value is -0.870. The van der Waals surface area contributed by atoms with Crippen LogP contribution in [-0.4, -0.2) is 24.1 Å². The molecule has 1 rings (SSSR count). The molecule has 5 heteroatoms. The van der Waals surface area contributed by atoms with E-state index in [1.807, 2.05) is 0 Å². The van der Waals surface area contributed by atoms with Crippen molar-refractivity contribution in [3.8, 4) is 0 Å². The zero-order valence-electron chi connectivity index (χ0n) is 6.97. The highest BCUT2D eigenvalue weighted by Gasteiger charge is 2.00. The molecule has 0 aliphatic carbocycles. The minimum Gasteiger partial charge on any atom is -0.377 e. The van der Waals surface area contributed by atoms with Crippen molar-refractivity contribution in [2.45, 2.75) is 6.61 Å². The predicted molar refractivity (Wildman–Crippen MR) is 47.3 cm³/mol. The van der Waals surface area contributed by atoms with Crippen molar-refractivity contribution in [1.29, 1.82) is 0 Å². The van der Waals surface area contributed by atoms with Gasteiger partial charge in [0.25, 0.3) is 0 Å². The van der Waals surface area contributed by atoms with Gasteiger partial charge in [-0.3, -0.25) is 0 Å². The predicted octanol–water partition coefficient (Wildman–Crippen LogP) is 1.32. The molecule has 4 nitrogen and oxygen atoms in total. The van der Waals surface area contributed by atoms with Gasteiger partial charge in [-0.25, -0.2) is 9.97 Å². The van der Waals surface area contributed by atoms with E-state index in [0.717, 1.165) is 0 Å². The summed E-state index contributed by atoms with van der Waals surface area (Å²) >= 11 is 5.72. The van der Waals surface area contributed by atoms with Crippen LogP contribution in [0.2, 0.25) is 5.15 Å². The van der Waals surface area contributed by atoms with Crippen molar-refractivity contribution in [3.63, 3.8) is 0 Å². The summed E-state index contributed by atoms with van der Waals surface area (Å²) in [6.07, 6.45) is 0. The van der Waals surface area contributed by atoms with Crippen LogP contribution in [0, 0.1) is 0 Å². The Labute approximate surface area is 75.9 Å². The quantitative estimate of drug-likeness (QED) is 0.726. The highest BCUT2D eigenvalue weighted by Crippen LogP contribution is 2.10. The van der Waals surface area contributed by atoms with E-state index in [9.17, 15) is 0 Å². The highest BCUT2D eigenvalue weighted by molar-refractivity contribution is 6.29. The molecule has 1 aromatic rings. The number of methoxy groups -OCH3 is 1. The molecular formula is C7H10ClN3O. The summed E-state index contributed by atoms with van der Waals surface area (Å²) in [5.74, 6) is 1.27. The van der Waals surface area contributed by atoms with Gasteiger partial charge in [-0.15, -0.1) is 0 Å². The molecule has 12 heavy (non-hydrogen) atoms. The normalized spacial score (nSPS) is 9.92. The van der Waals surface area contributed by atoms with E-state index in [0.29, 0.717) is 23.4 Å².